The molecule has 0 fully saturated rings. The number of carbonyl (C=O) groups is 1. The first-order valence-corrected chi connectivity index (χ1v) is 6.69. The first-order chi connectivity index (χ1) is 9.20. The molecule has 94 valence electrons. The van der Waals surface area contributed by atoms with Crippen LogP contribution in [0.15, 0.2) is 48.5 Å². The molecular weight excluding hydrogens is 353 g/mol. The second-order valence-corrected chi connectivity index (χ2v) is 5.03. The van der Waals surface area contributed by atoms with Crippen molar-refractivity contribution in [3.8, 4) is 6.07 Å². The van der Waals surface area contributed by atoms with E-state index in [9.17, 15) is 4.79 Å². The lowest BCUT2D eigenvalue weighted by Crippen LogP contribution is -2.06. The Hall–Kier alpha value is -1.87. The highest BCUT2D eigenvalue weighted by molar-refractivity contribution is 14.1. The van der Waals surface area contributed by atoms with Crippen LogP contribution < -0.4 is 0 Å². The minimum atomic E-state index is -0.339. The molecule has 0 bridgehead atoms. The smallest absolute Gasteiger partial charge is 0.339 e. The summed E-state index contributed by atoms with van der Waals surface area (Å²) in [6.45, 7) is 0.204. The van der Waals surface area contributed by atoms with Crippen molar-refractivity contribution in [2.45, 2.75) is 6.61 Å². The van der Waals surface area contributed by atoms with Crippen LogP contribution in [0.3, 0.4) is 0 Å². The van der Waals surface area contributed by atoms with E-state index in [1.807, 2.05) is 18.2 Å². The minimum absolute atomic E-state index is 0.204. The Balaban J connectivity index is 2.01. The molecule has 0 saturated heterocycles. The average molecular weight is 363 g/mol. The molecule has 0 aliphatic carbocycles. The molecule has 0 spiro atoms. The normalized spacial score (nSPS) is 9.68. The molecule has 2 rings (SSSR count). The molecule has 0 heterocycles. The average Bonchev–Trinajstić information content (AvgIpc) is 2.46. The van der Waals surface area contributed by atoms with Crippen LogP contribution in [-0.2, 0) is 11.3 Å². The largest absolute Gasteiger partial charge is 0.457 e. The molecule has 3 nitrogen and oxygen atoms in total. The van der Waals surface area contributed by atoms with E-state index in [0.29, 0.717) is 11.1 Å². The Bertz CT molecular complexity index is 629. The highest BCUT2D eigenvalue weighted by atomic mass is 127. The van der Waals surface area contributed by atoms with Crippen molar-refractivity contribution in [2.24, 2.45) is 0 Å². The van der Waals surface area contributed by atoms with E-state index in [1.165, 1.54) is 0 Å². The van der Waals surface area contributed by atoms with Gasteiger partial charge >= 0.3 is 5.97 Å². The summed E-state index contributed by atoms with van der Waals surface area (Å²) in [5, 5.41) is 8.69. The lowest BCUT2D eigenvalue weighted by Gasteiger charge is -2.06. The molecule has 4 heteroatoms. The van der Waals surface area contributed by atoms with Crippen LogP contribution in [0.1, 0.15) is 21.5 Å². The van der Waals surface area contributed by atoms with Crippen LogP contribution in [0.25, 0.3) is 0 Å². The first-order valence-electron chi connectivity index (χ1n) is 5.61. The molecule has 0 unspecified atom stereocenters. The van der Waals surface area contributed by atoms with Gasteiger partial charge in [0.15, 0.2) is 0 Å². The van der Waals surface area contributed by atoms with E-state index in [-0.39, 0.29) is 12.6 Å². The number of esters is 1. The Morgan fingerprint density at radius 3 is 2.47 bits per heavy atom. The Labute approximate surface area is 125 Å². The summed E-state index contributed by atoms with van der Waals surface area (Å²) in [5.41, 5.74) is 2.02. The Morgan fingerprint density at radius 1 is 1.16 bits per heavy atom. The van der Waals surface area contributed by atoms with Gasteiger partial charge in [0.1, 0.15) is 6.61 Å². The van der Waals surface area contributed by atoms with Crippen LogP contribution in [0.5, 0.6) is 0 Å². The third kappa shape index (κ3) is 3.55. The zero-order valence-corrected chi connectivity index (χ0v) is 12.1. The van der Waals surface area contributed by atoms with Gasteiger partial charge in [0, 0.05) is 3.57 Å². The lowest BCUT2D eigenvalue weighted by molar-refractivity contribution is 0.0471. The van der Waals surface area contributed by atoms with Gasteiger partial charge in [0.25, 0.3) is 0 Å². The summed E-state index contributed by atoms with van der Waals surface area (Å²) < 4.78 is 6.11. The van der Waals surface area contributed by atoms with E-state index in [1.54, 1.807) is 36.4 Å². The number of nitriles is 1. The lowest BCUT2D eigenvalue weighted by atomic mass is 10.1. The first kappa shape index (κ1) is 13.6. The van der Waals surface area contributed by atoms with Crippen LogP contribution in [-0.4, -0.2) is 5.97 Å². The molecule has 0 radical (unpaired) electrons. The van der Waals surface area contributed by atoms with E-state index >= 15 is 0 Å². The van der Waals surface area contributed by atoms with Gasteiger partial charge in [0.05, 0.1) is 17.2 Å². The van der Waals surface area contributed by atoms with Crippen molar-refractivity contribution >= 4 is 28.6 Å². The van der Waals surface area contributed by atoms with Gasteiger partial charge in [-0.25, -0.2) is 4.79 Å². The zero-order chi connectivity index (χ0) is 13.7. The fourth-order valence-corrected chi connectivity index (χ4v) is 2.14. The summed E-state index contributed by atoms with van der Waals surface area (Å²) in [7, 11) is 0. The minimum Gasteiger partial charge on any atom is -0.457 e. The van der Waals surface area contributed by atoms with Crippen LogP contribution in [0.2, 0.25) is 0 Å². The highest BCUT2D eigenvalue weighted by Crippen LogP contribution is 2.14. The Morgan fingerprint density at radius 2 is 1.84 bits per heavy atom. The quantitative estimate of drug-likeness (QED) is 0.619. The number of rotatable bonds is 3. The predicted octanol–water partition coefficient (Wildman–Crippen LogP) is 3.52. The summed E-state index contributed by atoms with van der Waals surface area (Å²) in [4.78, 5) is 11.9. The van der Waals surface area contributed by atoms with E-state index in [2.05, 4.69) is 22.6 Å². The van der Waals surface area contributed by atoms with E-state index in [0.717, 1.165) is 9.13 Å². The monoisotopic (exact) mass is 363 g/mol. The van der Waals surface area contributed by atoms with Gasteiger partial charge in [-0.05, 0) is 52.4 Å². The molecule has 0 amide bonds. The second kappa shape index (κ2) is 6.34. The molecule has 0 atom stereocenters. The van der Waals surface area contributed by atoms with Gasteiger partial charge < -0.3 is 4.74 Å². The standard InChI is InChI=1S/C15H10INO2/c16-14-4-2-1-3-13(14)15(18)19-10-12-7-5-11(9-17)6-8-12/h1-8H,10H2. The maximum atomic E-state index is 11.9. The molecule has 0 aliphatic heterocycles. The number of carbonyl (C=O) groups excluding carboxylic acids is 1. The van der Waals surface area contributed by atoms with Gasteiger partial charge in [-0.2, -0.15) is 5.26 Å². The number of ether oxygens (including phenoxy) is 1. The summed E-state index contributed by atoms with van der Waals surface area (Å²) in [6.07, 6.45) is 0. The second-order valence-electron chi connectivity index (χ2n) is 3.86. The van der Waals surface area contributed by atoms with Crippen molar-refractivity contribution in [2.75, 3.05) is 0 Å². The number of hydrogen-bond acceptors (Lipinski definition) is 3. The predicted molar refractivity (Wildman–Crippen MR) is 79.4 cm³/mol. The molecule has 0 saturated carbocycles. The van der Waals surface area contributed by atoms with E-state index < -0.39 is 0 Å². The van der Waals surface area contributed by atoms with Crippen molar-refractivity contribution < 1.29 is 9.53 Å². The van der Waals surface area contributed by atoms with Crippen molar-refractivity contribution in [3.63, 3.8) is 0 Å². The van der Waals surface area contributed by atoms with Gasteiger partial charge in [-0.3, -0.25) is 0 Å². The molecule has 0 N–H and O–H groups in total. The number of halogens is 1. The third-order valence-corrected chi connectivity index (χ3v) is 3.49. The topological polar surface area (TPSA) is 50.1 Å². The molecule has 0 aromatic heterocycles. The van der Waals surface area contributed by atoms with Crippen LogP contribution >= 0.6 is 22.6 Å². The van der Waals surface area contributed by atoms with Gasteiger partial charge in [-0.1, -0.05) is 24.3 Å². The molecular formula is C15H10INO2. The van der Waals surface area contributed by atoms with Crippen molar-refractivity contribution in [3.05, 3.63) is 68.8 Å². The third-order valence-electron chi connectivity index (χ3n) is 2.55. The summed E-state index contributed by atoms with van der Waals surface area (Å²) in [5.74, 6) is -0.339. The van der Waals surface area contributed by atoms with E-state index in [4.69, 9.17) is 10.00 Å². The molecule has 19 heavy (non-hydrogen) atoms. The van der Waals surface area contributed by atoms with Crippen molar-refractivity contribution in [1.29, 1.82) is 5.26 Å². The molecule has 2 aromatic carbocycles. The maximum Gasteiger partial charge on any atom is 0.339 e. The fourth-order valence-electron chi connectivity index (χ4n) is 1.53. The van der Waals surface area contributed by atoms with Gasteiger partial charge in [-0.15, -0.1) is 0 Å². The molecule has 0 aliphatic rings. The maximum absolute atomic E-state index is 11.9. The fraction of sp³-hybridized carbons (Fsp3) is 0.0667. The number of nitrogens with zero attached hydrogens (tertiary/aromatic N) is 1. The zero-order valence-electron chi connectivity index (χ0n) is 9.97. The number of benzene rings is 2. The molecule has 2 aromatic rings. The van der Waals surface area contributed by atoms with Crippen LogP contribution in [0.4, 0.5) is 0 Å². The van der Waals surface area contributed by atoms with Gasteiger partial charge in [0.2, 0.25) is 0 Å². The summed E-state index contributed by atoms with van der Waals surface area (Å²) >= 11 is 2.10. The summed E-state index contributed by atoms with van der Waals surface area (Å²) in [6, 6.07) is 16.3. The van der Waals surface area contributed by atoms with Crippen LogP contribution in [0, 0.1) is 14.9 Å². The Kier molecular flexibility index (Phi) is 4.53. The highest BCUT2D eigenvalue weighted by Gasteiger charge is 2.10. The number of hydrogen-bond donors (Lipinski definition) is 0. The SMILES string of the molecule is N#Cc1ccc(COC(=O)c2ccccc2I)cc1. The van der Waals surface area contributed by atoms with Crippen molar-refractivity contribution in [1.82, 2.24) is 0 Å².